The van der Waals surface area contributed by atoms with E-state index in [4.69, 9.17) is 4.74 Å². The van der Waals surface area contributed by atoms with Crippen LogP contribution in [0.2, 0.25) is 0 Å². The van der Waals surface area contributed by atoms with E-state index in [1.54, 1.807) is 10.4 Å². The van der Waals surface area contributed by atoms with Crippen molar-refractivity contribution in [2.75, 3.05) is 31.6 Å². The minimum absolute atomic E-state index is 0.145. The molecule has 0 bridgehead atoms. The van der Waals surface area contributed by atoms with Gasteiger partial charge in [-0.2, -0.15) is 0 Å². The molecule has 8 heteroatoms. The number of urea groups is 1. The van der Waals surface area contributed by atoms with Crippen molar-refractivity contribution in [2.45, 2.75) is 37.9 Å². The predicted molar refractivity (Wildman–Crippen MR) is 101 cm³/mol. The van der Waals surface area contributed by atoms with E-state index in [0.29, 0.717) is 43.6 Å². The molecule has 144 valence electrons. The van der Waals surface area contributed by atoms with Gasteiger partial charge >= 0.3 is 6.03 Å². The van der Waals surface area contributed by atoms with Crippen LogP contribution in [-0.2, 0) is 10.0 Å². The van der Waals surface area contributed by atoms with Crippen LogP contribution >= 0.6 is 0 Å². The first-order valence-corrected chi connectivity index (χ1v) is 10.8. The SMILES string of the molecule is CCOc1ccccc1NC(=O)NCC1CCN(S(=O)(=O)C2CC2)CC1. The summed E-state index contributed by atoms with van der Waals surface area (Å²) in [4.78, 5) is 12.1. The first-order chi connectivity index (χ1) is 12.5. The van der Waals surface area contributed by atoms with Crippen molar-refractivity contribution in [1.29, 1.82) is 0 Å². The summed E-state index contributed by atoms with van der Waals surface area (Å²) in [7, 11) is -3.07. The van der Waals surface area contributed by atoms with Crippen molar-refractivity contribution in [3.8, 4) is 5.75 Å². The topological polar surface area (TPSA) is 87.7 Å². The summed E-state index contributed by atoms with van der Waals surface area (Å²) >= 11 is 0. The molecule has 0 radical (unpaired) electrons. The van der Waals surface area contributed by atoms with Crippen LogP contribution in [0.5, 0.6) is 5.75 Å². The largest absolute Gasteiger partial charge is 0.492 e. The van der Waals surface area contributed by atoms with Crippen LogP contribution in [0, 0.1) is 5.92 Å². The number of benzene rings is 1. The lowest BCUT2D eigenvalue weighted by molar-refractivity contribution is 0.240. The van der Waals surface area contributed by atoms with E-state index < -0.39 is 10.0 Å². The Bertz CT molecular complexity index is 726. The van der Waals surface area contributed by atoms with Gasteiger partial charge in [0.25, 0.3) is 0 Å². The van der Waals surface area contributed by atoms with Crippen LogP contribution in [0.1, 0.15) is 32.6 Å². The van der Waals surface area contributed by atoms with E-state index >= 15 is 0 Å². The van der Waals surface area contributed by atoms with E-state index in [9.17, 15) is 13.2 Å². The minimum Gasteiger partial charge on any atom is -0.492 e. The molecule has 1 heterocycles. The maximum atomic E-state index is 12.2. The van der Waals surface area contributed by atoms with E-state index in [2.05, 4.69) is 10.6 Å². The molecule has 0 aromatic heterocycles. The molecular weight excluding hydrogens is 354 g/mol. The fourth-order valence-corrected chi connectivity index (χ4v) is 5.07. The fraction of sp³-hybridized carbons (Fsp3) is 0.611. The normalized spacial score (nSPS) is 19.1. The first-order valence-electron chi connectivity index (χ1n) is 9.26. The third kappa shape index (κ3) is 4.67. The highest BCUT2D eigenvalue weighted by Crippen LogP contribution is 2.33. The summed E-state index contributed by atoms with van der Waals surface area (Å²) in [5.74, 6) is 0.942. The molecule has 2 fully saturated rings. The quantitative estimate of drug-likeness (QED) is 0.759. The molecular formula is C18H27N3O4S. The molecule has 1 saturated carbocycles. The highest BCUT2D eigenvalue weighted by molar-refractivity contribution is 7.90. The standard InChI is InChI=1S/C18H27N3O4S/c1-2-25-17-6-4-3-5-16(17)20-18(22)19-13-14-9-11-21(12-10-14)26(23,24)15-7-8-15/h3-6,14-15H,2,7-13H2,1H3,(H2,19,20,22). The molecule has 7 nitrogen and oxygen atoms in total. The Morgan fingerprint density at radius 2 is 1.88 bits per heavy atom. The zero-order valence-corrected chi connectivity index (χ0v) is 15.9. The Morgan fingerprint density at radius 1 is 1.19 bits per heavy atom. The monoisotopic (exact) mass is 381 g/mol. The summed E-state index contributed by atoms with van der Waals surface area (Å²) in [6, 6.07) is 7.04. The lowest BCUT2D eigenvalue weighted by Crippen LogP contribution is -2.43. The smallest absolute Gasteiger partial charge is 0.319 e. The maximum absolute atomic E-state index is 12.2. The second-order valence-corrected chi connectivity index (χ2v) is 9.06. The van der Waals surface area contributed by atoms with E-state index in [1.807, 2.05) is 25.1 Å². The number of nitrogens with zero attached hydrogens (tertiary/aromatic N) is 1. The summed E-state index contributed by atoms with van der Waals surface area (Å²) in [5.41, 5.74) is 0.636. The van der Waals surface area contributed by atoms with E-state index in [0.717, 1.165) is 25.7 Å². The number of amides is 2. The number of carbonyl (C=O) groups excluding carboxylic acids is 1. The zero-order valence-electron chi connectivity index (χ0n) is 15.1. The highest BCUT2D eigenvalue weighted by atomic mass is 32.2. The molecule has 2 N–H and O–H groups in total. The molecule has 1 aromatic rings. The van der Waals surface area contributed by atoms with Crippen LogP contribution in [0.25, 0.3) is 0 Å². The second kappa shape index (κ2) is 8.26. The number of para-hydroxylation sites is 2. The Kier molecular flexibility index (Phi) is 6.03. The minimum atomic E-state index is -3.07. The van der Waals surface area contributed by atoms with Gasteiger partial charge < -0.3 is 15.4 Å². The van der Waals surface area contributed by atoms with Crippen molar-refractivity contribution >= 4 is 21.7 Å². The molecule has 2 amide bonds. The molecule has 2 aliphatic rings. The number of anilines is 1. The number of hydrogen-bond donors (Lipinski definition) is 2. The molecule has 1 aliphatic heterocycles. The molecule has 0 atom stereocenters. The Balaban J connectivity index is 1.43. The summed E-state index contributed by atoms with van der Waals surface area (Å²) in [6.07, 6.45) is 3.16. The van der Waals surface area contributed by atoms with Crippen LogP contribution in [0.3, 0.4) is 0 Å². The number of nitrogens with one attached hydrogen (secondary N) is 2. The van der Waals surface area contributed by atoms with Gasteiger partial charge in [0.1, 0.15) is 5.75 Å². The zero-order chi connectivity index (χ0) is 18.6. The van der Waals surface area contributed by atoms with Crippen molar-refractivity contribution < 1.29 is 17.9 Å². The van der Waals surface area contributed by atoms with Gasteiger partial charge in [-0.1, -0.05) is 12.1 Å². The van der Waals surface area contributed by atoms with Gasteiger partial charge in [-0.05, 0) is 50.7 Å². The molecule has 1 aromatic carbocycles. The molecule has 26 heavy (non-hydrogen) atoms. The van der Waals surface area contributed by atoms with Gasteiger partial charge in [0.15, 0.2) is 0 Å². The lowest BCUT2D eigenvalue weighted by atomic mass is 9.98. The van der Waals surface area contributed by atoms with Crippen LogP contribution < -0.4 is 15.4 Å². The maximum Gasteiger partial charge on any atom is 0.319 e. The first kappa shape index (κ1) is 19.0. The Hall–Kier alpha value is -1.80. The molecule has 0 unspecified atom stereocenters. The number of hydrogen-bond acceptors (Lipinski definition) is 4. The average molecular weight is 381 g/mol. The summed E-state index contributed by atoms with van der Waals surface area (Å²) < 4.78 is 31.6. The van der Waals surface area contributed by atoms with Crippen molar-refractivity contribution in [1.82, 2.24) is 9.62 Å². The molecule has 1 aliphatic carbocycles. The second-order valence-electron chi connectivity index (χ2n) is 6.85. The summed E-state index contributed by atoms with van der Waals surface area (Å²) in [5, 5.41) is 5.55. The van der Waals surface area contributed by atoms with Crippen LogP contribution in [-0.4, -0.2) is 50.2 Å². The number of ether oxygens (including phenoxy) is 1. The van der Waals surface area contributed by atoms with E-state index in [-0.39, 0.29) is 11.3 Å². The van der Waals surface area contributed by atoms with Crippen molar-refractivity contribution in [2.24, 2.45) is 5.92 Å². The molecule has 0 spiro atoms. The van der Waals surface area contributed by atoms with Gasteiger partial charge in [-0.25, -0.2) is 17.5 Å². The lowest BCUT2D eigenvalue weighted by Gasteiger charge is -2.31. The van der Waals surface area contributed by atoms with E-state index in [1.165, 1.54) is 0 Å². The number of sulfonamides is 1. The third-order valence-corrected chi connectivity index (χ3v) is 7.26. The Morgan fingerprint density at radius 3 is 2.54 bits per heavy atom. The predicted octanol–water partition coefficient (Wildman–Crippen LogP) is 2.41. The van der Waals surface area contributed by atoms with Crippen LogP contribution in [0.15, 0.2) is 24.3 Å². The van der Waals surface area contributed by atoms with Gasteiger partial charge in [-0.15, -0.1) is 0 Å². The van der Waals surface area contributed by atoms with Crippen molar-refractivity contribution in [3.05, 3.63) is 24.3 Å². The van der Waals surface area contributed by atoms with Gasteiger partial charge in [-0.3, -0.25) is 0 Å². The van der Waals surface area contributed by atoms with Crippen LogP contribution in [0.4, 0.5) is 10.5 Å². The number of rotatable bonds is 7. The molecule has 3 rings (SSSR count). The average Bonchev–Trinajstić information content (AvgIpc) is 3.48. The Labute approximate surface area is 155 Å². The van der Waals surface area contributed by atoms with Gasteiger partial charge in [0, 0.05) is 19.6 Å². The summed E-state index contributed by atoms with van der Waals surface area (Å²) in [6.45, 7) is 4.08. The van der Waals surface area contributed by atoms with Gasteiger partial charge in [0.2, 0.25) is 10.0 Å². The van der Waals surface area contributed by atoms with Gasteiger partial charge in [0.05, 0.1) is 17.5 Å². The van der Waals surface area contributed by atoms with Crippen molar-refractivity contribution in [3.63, 3.8) is 0 Å². The molecule has 1 saturated heterocycles. The third-order valence-electron chi connectivity index (χ3n) is 4.87. The number of carbonyl (C=O) groups is 1. The number of piperidine rings is 1. The highest BCUT2D eigenvalue weighted by Gasteiger charge is 2.41. The fourth-order valence-electron chi connectivity index (χ4n) is 3.20.